The Morgan fingerprint density at radius 3 is 2.45 bits per heavy atom. The number of hydrogen-bond acceptors (Lipinski definition) is 3. The van der Waals surface area contributed by atoms with Crippen molar-refractivity contribution in [3.63, 3.8) is 0 Å². The molecule has 5 nitrogen and oxygen atoms in total. The van der Waals surface area contributed by atoms with Crippen molar-refractivity contribution < 1.29 is 4.79 Å². The third kappa shape index (κ3) is 3.99. The number of carbonyl (C=O) groups is 1. The van der Waals surface area contributed by atoms with Crippen LogP contribution in [0.5, 0.6) is 0 Å². The van der Waals surface area contributed by atoms with Gasteiger partial charge in [-0.2, -0.15) is 0 Å². The van der Waals surface area contributed by atoms with Crippen molar-refractivity contribution in [3.8, 4) is 0 Å². The fourth-order valence-corrected chi connectivity index (χ4v) is 5.46. The first kappa shape index (κ1) is 20.3. The molecule has 5 rings (SSSR count). The summed E-state index contributed by atoms with van der Waals surface area (Å²) in [4.78, 5) is 19.9. The van der Waals surface area contributed by atoms with E-state index in [1.165, 1.54) is 37.7 Å². The highest BCUT2D eigenvalue weighted by Crippen LogP contribution is 2.39. The number of nitrogens with zero attached hydrogens (tertiary/aromatic N) is 3. The van der Waals surface area contributed by atoms with E-state index < -0.39 is 0 Å². The highest BCUT2D eigenvalue weighted by atomic mass is 16.2. The monoisotopic (exact) mass is 416 g/mol. The summed E-state index contributed by atoms with van der Waals surface area (Å²) in [5.41, 5.74) is 4.05. The van der Waals surface area contributed by atoms with Crippen molar-refractivity contribution in [2.75, 3.05) is 19.6 Å². The Labute approximate surface area is 184 Å². The predicted octanol–water partition coefficient (Wildman–Crippen LogP) is 4.56. The van der Waals surface area contributed by atoms with Gasteiger partial charge in [0.25, 0.3) is 5.91 Å². The molecule has 1 aromatic carbocycles. The van der Waals surface area contributed by atoms with Gasteiger partial charge in [-0.1, -0.05) is 55.7 Å². The van der Waals surface area contributed by atoms with E-state index in [1.807, 2.05) is 29.3 Å². The third-order valence-electron chi connectivity index (χ3n) is 7.18. The maximum absolute atomic E-state index is 13.2. The summed E-state index contributed by atoms with van der Waals surface area (Å²) in [6.07, 6.45) is 10.5. The molecule has 1 amide bonds. The lowest BCUT2D eigenvalue weighted by molar-refractivity contribution is 0.0786. The van der Waals surface area contributed by atoms with Crippen molar-refractivity contribution in [1.29, 1.82) is 0 Å². The first-order valence-electron chi connectivity index (χ1n) is 11.8. The third-order valence-corrected chi connectivity index (χ3v) is 7.18. The Bertz CT molecular complexity index is 1030. The van der Waals surface area contributed by atoms with Gasteiger partial charge in [-0.25, -0.2) is 4.98 Å². The zero-order valence-corrected chi connectivity index (χ0v) is 18.2. The van der Waals surface area contributed by atoms with E-state index in [1.54, 1.807) is 0 Å². The lowest BCUT2D eigenvalue weighted by atomic mass is 9.69. The zero-order valence-electron chi connectivity index (χ0n) is 18.2. The highest BCUT2D eigenvalue weighted by Gasteiger charge is 2.34. The molecule has 1 aliphatic heterocycles. The van der Waals surface area contributed by atoms with Crippen LogP contribution in [0, 0.1) is 0 Å². The van der Waals surface area contributed by atoms with Gasteiger partial charge in [0.2, 0.25) is 0 Å². The lowest BCUT2D eigenvalue weighted by Gasteiger charge is -2.38. The molecule has 0 bridgehead atoms. The van der Waals surface area contributed by atoms with Crippen LogP contribution in [-0.4, -0.2) is 39.8 Å². The van der Waals surface area contributed by atoms with Crippen LogP contribution in [0.15, 0.2) is 54.7 Å². The molecule has 0 atom stereocenters. The minimum Gasteiger partial charge on any atom is -0.337 e. The van der Waals surface area contributed by atoms with Crippen molar-refractivity contribution in [3.05, 3.63) is 71.7 Å². The first-order chi connectivity index (χ1) is 15.3. The van der Waals surface area contributed by atoms with E-state index in [4.69, 9.17) is 4.98 Å². The van der Waals surface area contributed by atoms with Gasteiger partial charge in [0.15, 0.2) is 5.69 Å². The second kappa shape index (κ2) is 8.83. The summed E-state index contributed by atoms with van der Waals surface area (Å²) in [6, 6.07) is 16.9. The van der Waals surface area contributed by atoms with E-state index in [2.05, 4.69) is 40.0 Å². The Morgan fingerprint density at radius 2 is 1.68 bits per heavy atom. The number of fused-ring (bicyclic) bond motifs is 1. The molecule has 31 heavy (non-hydrogen) atoms. The molecule has 1 saturated carbocycles. The number of carbonyl (C=O) groups excluding carboxylic acids is 1. The number of imidazole rings is 1. The van der Waals surface area contributed by atoms with Crippen LogP contribution in [0.25, 0.3) is 5.65 Å². The van der Waals surface area contributed by atoms with Gasteiger partial charge in [0, 0.05) is 37.8 Å². The topological polar surface area (TPSA) is 49.6 Å². The Hall–Kier alpha value is -2.66. The molecule has 0 unspecified atom stereocenters. The van der Waals surface area contributed by atoms with Crippen LogP contribution >= 0.6 is 0 Å². The van der Waals surface area contributed by atoms with Crippen LogP contribution in [0.1, 0.15) is 66.7 Å². The smallest absolute Gasteiger partial charge is 0.274 e. The minimum absolute atomic E-state index is 0.0773. The number of rotatable bonds is 6. The summed E-state index contributed by atoms with van der Waals surface area (Å²) in [6.45, 7) is 3.26. The molecule has 3 aromatic rings. The quantitative estimate of drug-likeness (QED) is 0.641. The molecule has 1 N–H and O–H groups in total. The molecule has 5 heteroatoms. The number of aromatic nitrogens is 2. The van der Waals surface area contributed by atoms with E-state index >= 15 is 0 Å². The van der Waals surface area contributed by atoms with Crippen LogP contribution in [0.4, 0.5) is 0 Å². The van der Waals surface area contributed by atoms with Crippen molar-refractivity contribution >= 4 is 11.6 Å². The summed E-state index contributed by atoms with van der Waals surface area (Å²) < 4.78 is 2.08. The number of benzene rings is 1. The summed E-state index contributed by atoms with van der Waals surface area (Å²) in [5.74, 6) is 0.0773. The molecule has 3 heterocycles. The lowest BCUT2D eigenvalue weighted by Crippen LogP contribution is -2.40. The Kier molecular flexibility index (Phi) is 5.77. The molecule has 2 aromatic heterocycles. The van der Waals surface area contributed by atoms with Crippen LogP contribution in [0.2, 0.25) is 0 Å². The maximum atomic E-state index is 13.2. The van der Waals surface area contributed by atoms with Crippen LogP contribution in [-0.2, 0) is 12.0 Å². The van der Waals surface area contributed by atoms with Gasteiger partial charge in [-0.15, -0.1) is 0 Å². The summed E-state index contributed by atoms with van der Waals surface area (Å²) >= 11 is 0. The molecular weight excluding hydrogens is 384 g/mol. The largest absolute Gasteiger partial charge is 0.337 e. The standard InChI is InChI=1S/C26H32N4O/c31-25(29-16-9-10-17-29)24-22(30-18-8-5-13-23(30)28-24)19-27-20-26(14-6-2-7-15-26)21-11-3-1-4-12-21/h1,3-5,8,11-13,18,27H,2,6-7,9-10,14-17,19-20H2. The normalized spacial score (nSPS) is 18.5. The minimum atomic E-state index is 0.0773. The summed E-state index contributed by atoms with van der Waals surface area (Å²) in [5, 5.41) is 3.74. The molecule has 2 aliphatic rings. The molecule has 162 valence electrons. The fraction of sp³-hybridized carbons (Fsp3) is 0.462. The SMILES string of the molecule is O=C(c1nc2ccccn2c1CNCC1(c2ccccc2)CCCCC1)N1CCCC1. The van der Waals surface area contributed by atoms with Crippen LogP contribution in [0.3, 0.4) is 0 Å². The van der Waals surface area contributed by atoms with Crippen molar-refractivity contribution in [2.24, 2.45) is 0 Å². The second-order valence-corrected chi connectivity index (χ2v) is 9.15. The van der Waals surface area contributed by atoms with E-state index in [0.717, 1.165) is 43.8 Å². The zero-order chi connectivity index (χ0) is 21.1. The Balaban J connectivity index is 1.40. The fourth-order valence-electron chi connectivity index (χ4n) is 5.46. The van der Waals surface area contributed by atoms with Gasteiger partial charge in [0.05, 0.1) is 5.69 Å². The number of amides is 1. The predicted molar refractivity (Wildman–Crippen MR) is 123 cm³/mol. The molecule has 1 aliphatic carbocycles. The molecule has 0 spiro atoms. The van der Waals surface area contributed by atoms with Crippen molar-refractivity contribution in [1.82, 2.24) is 19.6 Å². The average molecular weight is 417 g/mol. The van der Waals surface area contributed by atoms with E-state index in [-0.39, 0.29) is 11.3 Å². The molecular formula is C26H32N4O. The van der Waals surface area contributed by atoms with Gasteiger partial charge in [-0.3, -0.25) is 4.79 Å². The van der Waals surface area contributed by atoms with E-state index in [0.29, 0.717) is 12.2 Å². The number of pyridine rings is 1. The first-order valence-corrected chi connectivity index (χ1v) is 11.8. The van der Waals surface area contributed by atoms with Crippen molar-refractivity contribution in [2.45, 2.75) is 56.9 Å². The van der Waals surface area contributed by atoms with E-state index in [9.17, 15) is 4.79 Å². The van der Waals surface area contributed by atoms with Gasteiger partial charge >= 0.3 is 0 Å². The summed E-state index contributed by atoms with van der Waals surface area (Å²) in [7, 11) is 0. The average Bonchev–Trinajstić information content (AvgIpc) is 3.49. The number of nitrogens with one attached hydrogen (secondary N) is 1. The second-order valence-electron chi connectivity index (χ2n) is 9.15. The number of hydrogen-bond donors (Lipinski definition) is 1. The molecule has 2 fully saturated rings. The Morgan fingerprint density at radius 1 is 0.935 bits per heavy atom. The molecule has 0 radical (unpaired) electrons. The maximum Gasteiger partial charge on any atom is 0.274 e. The van der Waals surface area contributed by atoms with Gasteiger partial charge < -0.3 is 14.6 Å². The van der Waals surface area contributed by atoms with Crippen LogP contribution < -0.4 is 5.32 Å². The highest BCUT2D eigenvalue weighted by molar-refractivity contribution is 5.94. The number of likely N-dealkylation sites (tertiary alicyclic amines) is 1. The molecule has 1 saturated heterocycles. The van der Waals surface area contributed by atoms with Gasteiger partial charge in [-0.05, 0) is 43.4 Å². The van der Waals surface area contributed by atoms with Gasteiger partial charge in [0.1, 0.15) is 5.65 Å².